The average molecular weight is 348 g/mol. The first-order valence-corrected chi connectivity index (χ1v) is 8.96. The molecule has 0 aliphatic heterocycles. The summed E-state index contributed by atoms with van der Waals surface area (Å²) in [6, 6.07) is 17.7. The number of hydrogen-bond acceptors (Lipinski definition) is 5. The highest BCUT2D eigenvalue weighted by Gasteiger charge is 2.48. The molecule has 2 aromatic carbocycles. The third-order valence-corrected chi connectivity index (χ3v) is 5.77. The summed E-state index contributed by atoms with van der Waals surface area (Å²) in [7, 11) is 1.64. The van der Waals surface area contributed by atoms with E-state index in [0.717, 1.165) is 28.0 Å². The monoisotopic (exact) mass is 348 g/mol. The number of fused-ring (bicyclic) bond motifs is 1. The largest absolute Gasteiger partial charge is 0.496 e. The van der Waals surface area contributed by atoms with Crippen LogP contribution in [0.4, 0.5) is 0 Å². The zero-order chi connectivity index (χ0) is 17.4. The van der Waals surface area contributed by atoms with Crippen LogP contribution >= 0.6 is 11.3 Å². The molecule has 5 heteroatoms. The molecule has 3 atom stereocenters. The molecular weight excluding hydrogens is 332 g/mol. The number of para-hydroxylation sites is 2. The number of nitrogens with zero attached hydrogens (tertiary/aromatic N) is 2. The molecule has 0 amide bonds. The van der Waals surface area contributed by atoms with Gasteiger partial charge in [0.15, 0.2) is 11.7 Å². The minimum Gasteiger partial charge on any atom is -0.496 e. The van der Waals surface area contributed by atoms with Crippen LogP contribution in [-0.4, -0.2) is 17.9 Å². The highest BCUT2D eigenvalue weighted by Crippen LogP contribution is 2.52. The lowest BCUT2D eigenvalue weighted by atomic mass is 9.99. The van der Waals surface area contributed by atoms with Gasteiger partial charge in [0.25, 0.3) is 0 Å². The molecule has 0 bridgehead atoms. The zero-order valence-electron chi connectivity index (χ0n) is 13.7. The van der Waals surface area contributed by atoms with Gasteiger partial charge in [0.05, 0.1) is 23.4 Å². The second kappa shape index (κ2) is 6.30. The van der Waals surface area contributed by atoms with E-state index in [4.69, 9.17) is 4.74 Å². The van der Waals surface area contributed by atoms with Crippen molar-refractivity contribution >= 4 is 27.3 Å². The van der Waals surface area contributed by atoms with Gasteiger partial charge in [0.2, 0.25) is 0 Å². The number of methoxy groups -OCH3 is 1. The average Bonchev–Trinajstić information content (AvgIpc) is 3.34. The van der Waals surface area contributed by atoms with Gasteiger partial charge in [-0.3, -0.25) is 4.79 Å². The third kappa shape index (κ3) is 2.79. The molecule has 4 nitrogen and oxygen atoms in total. The number of thiazole rings is 1. The molecular formula is C20H16N2O2S. The molecule has 1 saturated carbocycles. The van der Waals surface area contributed by atoms with Crippen LogP contribution in [-0.2, 0) is 4.79 Å². The van der Waals surface area contributed by atoms with Crippen molar-refractivity contribution in [2.24, 2.45) is 5.92 Å². The van der Waals surface area contributed by atoms with Crippen LogP contribution in [0.1, 0.15) is 28.8 Å². The topological polar surface area (TPSA) is 63.0 Å². The van der Waals surface area contributed by atoms with Gasteiger partial charge in [-0.15, -0.1) is 11.3 Å². The first kappa shape index (κ1) is 15.8. The molecule has 0 spiro atoms. The van der Waals surface area contributed by atoms with E-state index in [1.165, 1.54) is 11.3 Å². The summed E-state index contributed by atoms with van der Waals surface area (Å²) < 4.78 is 6.40. The lowest BCUT2D eigenvalue weighted by Crippen LogP contribution is -2.13. The molecule has 1 fully saturated rings. The van der Waals surface area contributed by atoms with E-state index < -0.39 is 5.92 Å². The molecule has 25 heavy (non-hydrogen) atoms. The Labute approximate surface area is 149 Å². The smallest absolute Gasteiger partial charge is 0.160 e. The molecule has 0 radical (unpaired) electrons. The summed E-state index contributed by atoms with van der Waals surface area (Å²) in [4.78, 5) is 17.4. The maximum atomic E-state index is 12.9. The summed E-state index contributed by atoms with van der Waals surface area (Å²) in [5, 5.41) is 10.2. The Morgan fingerprint density at radius 1 is 1.28 bits per heavy atom. The molecule has 1 aliphatic carbocycles. The Balaban J connectivity index is 1.59. The van der Waals surface area contributed by atoms with E-state index in [1.54, 1.807) is 7.11 Å². The number of benzene rings is 2. The predicted octanol–water partition coefficient (Wildman–Crippen LogP) is 4.28. The summed E-state index contributed by atoms with van der Waals surface area (Å²) >= 11 is 1.43. The fraction of sp³-hybridized carbons (Fsp3) is 0.250. The zero-order valence-corrected chi connectivity index (χ0v) is 14.5. The van der Waals surface area contributed by atoms with Gasteiger partial charge in [-0.25, -0.2) is 4.98 Å². The molecule has 3 aromatic rings. The molecule has 0 saturated heterocycles. The van der Waals surface area contributed by atoms with Crippen molar-refractivity contribution in [1.29, 1.82) is 5.26 Å². The van der Waals surface area contributed by atoms with Crippen molar-refractivity contribution in [2.45, 2.75) is 18.3 Å². The molecule has 1 aromatic heterocycles. The fourth-order valence-corrected chi connectivity index (χ4v) is 4.31. The Hall–Kier alpha value is -2.71. The molecule has 4 rings (SSSR count). The van der Waals surface area contributed by atoms with E-state index in [1.807, 2.05) is 48.5 Å². The van der Waals surface area contributed by atoms with Crippen LogP contribution in [0, 0.1) is 17.2 Å². The minimum absolute atomic E-state index is 0.0301. The van der Waals surface area contributed by atoms with Gasteiger partial charge in [-0.2, -0.15) is 5.26 Å². The predicted molar refractivity (Wildman–Crippen MR) is 96.8 cm³/mol. The summed E-state index contributed by atoms with van der Waals surface area (Å²) in [6.45, 7) is 0. The summed E-state index contributed by atoms with van der Waals surface area (Å²) in [5.41, 5.74) is 1.89. The highest BCUT2D eigenvalue weighted by atomic mass is 32.1. The number of ether oxygens (including phenoxy) is 1. The quantitative estimate of drug-likeness (QED) is 0.690. The lowest BCUT2D eigenvalue weighted by Gasteiger charge is -2.08. The van der Waals surface area contributed by atoms with Crippen LogP contribution in [0.25, 0.3) is 10.2 Å². The molecule has 1 aliphatic rings. The molecule has 1 heterocycles. The molecule has 0 N–H and O–H groups in total. The number of ketones is 1. The van der Waals surface area contributed by atoms with Crippen LogP contribution in [0.5, 0.6) is 5.75 Å². The Morgan fingerprint density at radius 3 is 2.80 bits per heavy atom. The number of carbonyl (C=O) groups is 1. The van der Waals surface area contributed by atoms with E-state index in [0.29, 0.717) is 5.01 Å². The Bertz CT molecular complexity index is 956. The molecule has 3 unspecified atom stereocenters. The van der Waals surface area contributed by atoms with Crippen LogP contribution in [0.2, 0.25) is 0 Å². The highest BCUT2D eigenvalue weighted by molar-refractivity contribution is 7.18. The molecule has 124 valence electrons. The normalized spacial score (nSPS) is 20.0. The first-order valence-electron chi connectivity index (χ1n) is 8.14. The van der Waals surface area contributed by atoms with Gasteiger partial charge < -0.3 is 4.74 Å². The number of rotatable bonds is 5. The van der Waals surface area contributed by atoms with Crippen molar-refractivity contribution < 1.29 is 9.53 Å². The van der Waals surface area contributed by atoms with Gasteiger partial charge in [0.1, 0.15) is 10.8 Å². The van der Waals surface area contributed by atoms with Crippen molar-refractivity contribution in [3.05, 3.63) is 59.1 Å². The summed E-state index contributed by atoms with van der Waals surface area (Å²) in [6.07, 6.45) is 0.766. The van der Waals surface area contributed by atoms with Gasteiger partial charge >= 0.3 is 0 Å². The van der Waals surface area contributed by atoms with E-state index >= 15 is 0 Å². The lowest BCUT2D eigenvalue weighted by molar-refractivity contribution is -0.120. The van der Waals surface area contributed by atoms with Crippen molar-refractivity contribution in [2.75, 3.05) is 7.11 Å². The number of nitriles is 1. The van der Waals surface area contributed by atoms with Crippen LogP contribution < -0.4 is 4.74 Å². The number of Topliss-reactive ketones (excluding diaryl/α,β-unsaturated/α-hetero) is 1. The van der Waals surface area contributed by atoms with Gasteiger partial charge in [0, 0.05) is 5.92 Å². The maximum absolute atomic E-state index is 12.9. The van der Waals surface area contributed by atoms with Crippen LogP contribution in [0.3, 0.4) is 0 Å². The van der Waals surface area contributed by atoms with E-state index in [9.17, 15) is 10.1 Å². The van der Waals surface area contributed by atoms with Crippen molar-refractivity contribution in [3.63, 3.8) is 0 Å². The Morgan fingerprint density at radius 2 is 2.04 bits per heavy atom. The van der Waals surface area contributed by atoms with Gasteiger partial charge in [-0.1, -0.05) is 30.3 Å². The maximum Gasteiger partial charge on any atom is 0.160 e. The second-order valence-electron chi connectivity index (χ2n) is 6.17. The number of carbonyl (C=O) groups excluding carboxylic acids is 1. The number of aromatic nitrogens is 1. The third-order valence-electron chi connectivity index (χ3n) is 4.67. The van der Waals surface area contributed by atoms with Crippen molar-refractivity contribution in [3.8, 4) is 11.8 Å². The van der Waals surface area contributed by atoms with E-state index in [-0.39, 0.29) is 17.6 Å². The van der Waals surface area contributed by atoms with E-state index in [2.05, 4.69) is 11.1 Å². The standard InChI is InChI=1S/C20H16N2O2S/c1-24-17-8-4-2-6-12(17)13-10-14(13)19(23)15(11-21)20-22-16-7-3-5-9-18(16)25-20/h2-9,13-15H,10H2,1H3. The Kier molecular flexibility index (Phi) is 3.98. The van der Waals surface area contributed by atoms with Crippen molar-refractivity contribution in [1.82, 2.24) is 4.98 Å². The van der Waals surface area contributed by atoms with Gasteiger partial charge in [-0.05, 0) is 36.1 Å². The SMILES string of the molecule is COc1ccccc1C1CC1C(=O)C(C#N)c1nc2ccccc2s1. The fourth-order valence-electron chi connectivity index (χ4n) is 3.29. The van der Waals surface area contributed by atoms with Crippen LogP contribution in [0.15, 0.2) is 48.5 Å². The first-order chi connectivity index (χ1) is 12.2. The second-order valence-corrected chi connectivity index (χ2v) is 7.24. The minimum atomic E-state index is -0.790. The summed E-state index contributed by atoms with van der Waals surface area (Å²) in [5.74, 6) is -0.0160. The number of hydrogen-bond donors (Lipinski definition) is 0.